The first-order chi connectivity index (χ1) is 9.53. The number of ether oxygens (including phenoxy) is 2. The fourth-order valence-electron chi connectivity index (χ4n) is 2.05. The van der Waals surface area contributed by atoms with Crippen LogP contribution in [0.25, 0.3) is 0 Å². The monoisotopic (exact) mass is 283 g/mol. The van der Waals surface area contributed by atoms with Crippen molar-refractivity contribution in [3.8, 4) is 5.75 Å². The van der Waals surface area contributed by atoms with Crippen LogP contribution in [-0.2, 0) is 9.53 Å². The zero-order chi connectivity index (χ0) is 15.0. The molecule has 0 aromatic heterocycles. The van der Waals surface area contributed by atoms with Crippen molar-refractivity contribution in [3.05, 3.63) is 30.1 Å². The molecular formula is C15H22FNO3. The molecule has 0 aliphatic carbocycles. The zero-order valence-corrected chi connectivity index (χ0v) is 12.2. The van der Waals surface area contributed by atoms with Gasteiger partial charge in [-0.05, 0) is 38.4 Å². The SMILES string of the molecule is CCNC(C)(CCCOc1ccccc1F)C(=O)OC. The third-order valence-corrected chi connectivity index (χ3v) is 3.12. The molecule has 1 aromatic carbocycles. The minimum absolute atomic E-state index is 0.232. The first-order valence-electron chi connectivity index (χ1n) is 6.74. The van der Waals surface area contributed by atoms with Gasteiger partial charge in [-0.3, -0.25) is 4.79 Å². The van der Waals surface area contributed by atoms with Crippen LogP contribution in [0.3, 0.4) is 0 Å². The molecule has 0 aliphatic rings. The van der Waals surface area contributed by atoms with Crippen molar-refractivity contribution < 1.29 is 18.7 Å². The number of benzene rings is 1. The Kier molecular flexibility index (Phi) is 6.45. The molecule has 5 heteroatoms. The van der Waals surface area contributed by atoms with Gasteiger partial charge in [0.25, 0.3) is 0 Å². The molecule has 1 N–H and O–H groups in total. The van der Waals surface area contributed by atoms with Crippen LogP contribution in [0.5, 0.6) is 5.75 Å². The number of para-hydroxylation sites is 1. The van der Waals surface area contributed by atoms with E-state index in [2.05, 4.69) is 5.32 Å². The second-order valence-electron chi connectivity index (χ2n) is 4.74. The molecule has 0 fully saturated rings. The smallest absolute Gasteiger partial charge is 0.325 e. The molecule has 0 spiro atoms. The number of rotatable bonds is 8. The number of carbonyl (C=O) groups is 1. The quantitative estimate of drug-likeness (QED) is 0.588. The Labute approximate surface area is 119 Å². The minimum atomic E-state index is -0.734. The van der Waals surface area contributed by atoms with Crippen molar-refractivity contribution >= 4 is 5.97 Å². The molecular weight excluding hydrogens is 261 g/mol. The van der Waals surface area contributed by atoms with E-state index in [9.17, 15) is 9.18 Å². The number of esters is 1. The van der Waals surface area contributed by atoms with Crippen LogP contribution in [0.15, 0.2) is 24.3 Å². The highest BCUT2D eigenvalue weighted by Crippen LogP contribution is 2.18. The number of nitrogens with one attached hydrogen (secondary N) is 1. The summed E-state index contributed by atoms with van der Waals surface area (Å²) >= 11 is 0. The summed E-state index contributed by atoms with van der Waals surface area (Å²) in [5.74, 6) is -0.448. The molecule has 0 aliphatic heterocycles. The van der Waals surface area contributed by atoms with E-state index < -0.39 is 5.54 Å². The summed E-state index contributed by atoms with van der Waals surface area (Å²) < 4.78 is 23.5. The van der Waals surface area contributed by atoms with E-state index >= 15 is 0 Å². The second-order valence-corrected chi connectivity index (χ2v) is 4.74. The average Bonchev–Trinajstić information content (AvgIpc) is 2.44. The number of hydrogen-bond acceptors (Lipinski definition) is 4. The van der Waals surface area contributed by atoms with Crippen LogP contribution in [0.1, 0.15) is 26.7 Å². The fourth-order valence-corrected chi connectivity index (χ4v) is 2.05. The van der Waals surface area contributed by atoms with Crippen LogP contribution in [0, 0.1) is 5.82 Å². The predicted octanol–water partition coefficient (Wildman–Crippen LogP) is 2.53. The second kappa shape index (κ2) is 7.85. The van der Waals surface area contributed by atoms with Gasteiger partial charge in [-0.2, -0.15) is 0 Å². The molecule has 0 heterocycles. The predicted molar refractivity (Wildman–Crippen MR) is 75.2 cm³/mol. The molecule has 0 bridgehead atoms. The van der Waals surface area contributed by atoms with Crippen molar-refractivity contribution in [2.75, 3.05) is 20.3 Å². The summed E-state index contributed by atoms with van der Waals surface area (Å²) in [4.78, 5) is 11.8. The number of methoxy groups -OCH3 is 1. The lowest BCUT2D eigenvalue weighted by atomic mass is 9.96. The molecule has 112 valence electrons. The Morgan fingerprint density at radius 3 is 2.70 bits per heavy atom. The summed E-state index contributed by atoms with van der Waals surface area (Å²) in [5, 5.41) is 3.12. The Bertz CT molecular complexity index is 439. The Morgan fingerprint density at radius 2 is 2.10 bits per heavy atom. The molecule has 1 atom stereocenters. The standard InChI is InChI=1S/C15H22FNO3/c1-4-17-15(2,14(18)19-3)10-7-11-20-13-9-6-5-8-12(13)16/h5-6,8-9,17H,4,7,10-11H2,1-3H3. The maximum Gasteiger partial charge on any atom is 0.325 e. The minimum Gasteiger partial charge on any atom is -0.491 e. The number of halogens is 1. The highest BCUT2D eigenvalue weighted by Gasteiger charge is 2.32. The van der Waals surface area contributed by atoms with Gasteiger partial charge in [-0.1, -0.05) is 19.1 Å². The topological polar surface area (TPSA) is 47.6 Å². The van der Waals surface area contributed by atoms with Crippen molar-refractivity contribution in [1.82, 2.24) is 5.32 Å². The highest BCUT2D eigenvalue weighted by atomic mass is 19.1. The Balaban J connectivity index is 2.45. The van der Waals surface area contributed by atoms with E-state index in [4.69, 9.17) is 9.47 Å². The maximum atomic E-state index is 13.3. The van der Waals surface area contributed by atoms with Crippen LogP contribution < -0.4 is 10.1 Å². The lowest BCUT2D eigenvalue weighted by Crippen LogP contribution is -2.50. The van der Waals surface area contributed by atoms with Gasteiger partial charge in [-0.25, -0.2) is 4.39 Å². The molecule has 0 saturated heterocycles. The van der Waals surface area contributed by atoms with Gasteiger partial charge < -0.3 is 14.8 Å². The molecule has 0 saturated carbocycles. The van der Waals surface area contributed by atoms with Gasteiger partial charge >= 0.3 is 5.97 Å². The highest BCUT2D eigenvalue weighted by molar-refractivity contribution is 5.80. The van der Waals surface area contributed by atoms with Gasteiger partial charge in [0.2, 0.25) is 0 Å². The third-order valence-electron chi connectivity index (χ3n) is 3.12. The maximum absolute atomic E-state index is 13.3. The van der Waals surface area contributed by atoms with E-state index in [0.717, 1.165) is 0 Å². The van der Waals surface area contributed by atoms with E-state index in [1.165, 1.54) is 13.2 Å². The molecule has 1 unspecified atom stereocenters. The van der Waals surface area contributed by atoms with Crippen LogP contribution in [0.2, 0.25) is 0 Å². The number of likely N-dealkylation sites (N-methyl/N-ethyl adjacent to an activating group) is 1. The number of carbonyl (C=O) groups excluding carboxylic acids is 1. The van der Waals surface area contributed by atoms with Crippen molar-refractivity contribution in [1.29, 1.82) is 0 Å². The van der Waals surface area contributed by atoms with E-state index in [0.29, 0.717) is 26.0 Å². The van der Waals surface area contributed by atoms with Gasteiger partial charge in [0.05, 0.1) is 13.7 Å². The van der Waals surface area contributed by atoms with Crippen molar-refractivity contribution in [2.24, 2.45) is 0 Å². The normalized spacial score (nSPS) is 13.6. The lowest BCUT2D eigenvalue weighted by molar-refractivity contribution is -0.148. The summed E-state index contributed by atoms with van der Waals surface area (Å²) in [6, 6.07) is 6.27. The average molecular weight is 283 g/mol. The summed E-state index contributed by atoms with van der Waals surface area (Å²) in [6.07, 6.45) is 1.18. The van der Waals surface area contributed by atoms with Crippen molar-refractivity contribution in [2.45, 2.75) is 32.2 Å². The third kappa shape index (κ3) is 4.49. The van der Waals surface area contributed by atoms with Crippen molar-refractivity contribution in [3.63, 3.8) is 0 Å². The summed E-state index contributed by atoms with van der Waals surface area (Å²) in [5.41, 5.74) is -0.734. The van der Waals surface area contributed by atoms with Crippen LogP contribution in [-0.4, -0.2) is 31.8 Å². The largest absolute Gasteiger partial charge is 0.491 e. The summed E-state index contributed by atoms with van der Waals surface area (Å²) in [7, 11) is 1.37. The van der Waals surface area contributed by atoms with Gasteiger partial charge in [0.15, 0.2) is 11.6 Å². The summed E-state index contributed by atoms with van der Waals surface area (Å²) in [6.45, 7) is 4.74. The molecule has 20 heavy (non-hydrogen) atoms. The number of hydrogen-bond donors (Lipinski definition) is 1. The molecule has 4 nitrogen and oxygen atoms in total. The van der Waals surface area contributed by atoms with Gasteiger partial charge in [0, 0.05) is 0 Å². The first kappa shape index (κ1) is 16.4. The van der Waals surface area contributed by atoms with E-state index in [1.54, 1.807) is 25.1 Å². The Morgan fingerprint density at radius 1 is 1.40 bits per heavy atom. The Hall–Kier alpha value is -1.62. The molecule has 1 aromatic rings. The zero-order valence-electron chi connectivity index (χ0n) is 12.2. The van der Waals surface area contributed by atoms with E-state index in [-0.39, 0.29) is 17.5 Å². The van der Waals surface area contributed by atoms with Gasteiger partial charge in [-0.15, -0.1) is 0 Å². The molecule has 0 radical (unpaired) electrons. The lowest BCUT2D eigenvalue weighted by Gasteiger charge is -2.27. The van der Waals surface area contributed by atoms with Crippen LogP contribution in [0.4, 0.5) is 4.39 Å². The van der Waals surface area contributed by atoms with Crippen LogP contribution >= 0.6 is 0 Å². The van der Waals surface area contributed by atoms with E-state index in [1.807, 2.05) is 6.92 Å². The van der Waals surface area contributed by atoms with Gasteiger partial charge in [0.1, 0.15) is 5.54 Å². The first-order valence-corrected chi connectivity index (χ1v) is 6.74. The molecule has 1 rings (SSSR count). The molecule has 0 amide bonds. The fraction of sp³-hybridized carbons (Fsp3) is 0.533.